The largest absolute Gasteiger partial charge is 0.480 e. The Kier molecular flexibility index (Phi) is 6.78. The molecule has 2 aliphatic rings. The van der Waals surface area contributed by atoms with Crippen LogP contribution >= 0.6 is 0 Å². The highest BCUT2D eigenvalue weighted by molar-refractivity contribution is 5.90. The summed E-state index contributed by atoms with van der Waals surface area (Å²) < 4.78 is 31.9. The van der Waals surface area contributed by atoms with Crippen molar-refractivity contribution in [3.8, 4) is 11.1 Å². The summed E-state index contributed by atoms with van der Waals surface area (Å²) >= 11 is 0. The van der Waals surface area contributed by atoms with Gasteiger partial charge in [-0.2, -0.15) is 0 Å². The van der Waals surface area contributed by atoms with Crippen LogP contribution in [-0.4, -0.2) is 59.6 Å². The molecule has 0 saturated carbocycles. The zero-order valence-electron chi connectivity index (χ0n) is 19.5. The van der Waals surface area contributed by atoms with Crippen molar-refractivity contribution in [3.63, 3.8) is 0 Å². The number of hydrogen-bond donors (Lipinski definition) is 2. The third-order valence-corrected chi connectivity index (χ3v) is 6.91. The number of aliphatic carboxylic acids is 1. The number of alkyl carbamates (subject to hydrolysis) is 1. The second kappa shape index (κ2) is 9.64. The van der Waals surface area contributed by atoms with E-state index in [1.165, 1.54) is 0 Å². The van der Waals surface area contributed by atoms with Crippen LogP contribution in [0, 0.1) is 5.41 Å². The molecule has 186 valence electrons. The Morgan fingerprint density at radius 3 is 2.20 bits per heavy atom. The van der Waals surface area contributed by atoms with Crippen LogP contribution in [0.2, 0.25) is 0 Å². The van der Waals surface area contributed by atoms with E-state index in [2.05, 4.69) is 5.32 Å². The monoisotopic (exact) mass is 486 g/mol. The van der Waals surface area contributed by atoms with Crippen molar-refractivity contribution in [2.24, 2.45) is 5.41 Å². The Balaban J connectivity index is 1.46. The predicted molar refractivity (Wildman–Crippen MR) is 124 cm³/mol. The van der Waals surface area contributed by atoms with Crippen LogP contribution < -0.4 is 5.32 Å². The molecular weight excluding hydrogens is 458 g/mol. The molecule has 1 heterocycles. The van der Waals surface area contributed by atoms with Gasteiger partial charge >= 0.3 is 12.1 Å². The molecule has 2 unspecified atom stereocenters. The van der Waals surface area contributed by atoms with Gasteiger partial charge in [0.2, 0.25) is 12.3 Å². The minimum Gasteiger partial charge on any atom is -0.480 e. The number of carboxylic acid groups (broad SMARTS) is 1. The van der Waals surface area contributed by atoms with E-state index in [9.17, 15) is 28.3 Å². The van der Waals surface area contributed by atoms with E-state index in [4.69, 9.17) is 4.74 Å². The third kappa shape index (κ3) is 4.85. The number of likely N-dealkylation sites (tertiary alicyclic amines) is 1. The topological polar surface area (TPSA) is 95.9 Å². The van der Waals surface area contributed by atoms with Crippen LogP contribution in [0.25, 0.3) is 11.1 Å². The number of amides is 2. The Labute approximate surface area is 202 Å². The number of fused-ring (bicyclic) bond motifs is 3. The number of nitrogens with zero attached hydrogens (tertiary/aromatic N) is 1. The van der Waals surface area contributed by atoms with Crippen LogP contribution in [0.4, 0.5) is 13.6 Å². The fourth-order valence-electron chi connectivity index (χ4n) is 5.18. The zero-order chi connectivity index (χ0) is 25.3. The number of benzene rings is 2. The average molecular weight is 487 g/mol. The lowest BCUT2D eigenvalue weighted by molar-refractivity contribution is -0.152. The molecule has 1 saturated heterocycles. The fourth-order valence-corrected chi connectivity index (χ4v) is 5.18. The molecule has 0 bridgehead atoms. The van der Waals surface area contributed by atoms with E-state index in [-0.39, 0.29) is 19.1 Å². The smallest absolute Gasteiger partial charge is 0.407 e. The predicted octanol–water partition coefficient (Wildman–Crippen LogP) is 4.26. The van der Waals surface area contributed by atoms with Crippen molar-refractivity contribution in [3.05, 3.63) is 59.7 Å². The summed E-state index contributed by atoms with van der Waals surface area (Å²) in [7, 11) is 0. The lowest BCUT2D eigenvalue weighted by Gasteiger charge is -2.31. The van der Waals surface area contributed by atoms with Gasteiger partial charge in [0, 0.05) is 18.9 Å². The summed E-state index contributed by atoms with van der Waals surface area (Å²) in [5.41, 5.74) is 3.34. The van der Waals surface area contributed by atoms with Gasteiger partial charge in [-0.05, 0) is 34.1 Å². The molecule has 2 N–H and O–H groups in total. The number of alkyl halides is 2. The number of halogens is 2. The minimum absolute atomic E-state index is 0.0378. The molecule has 2 aromatic rings. The van der Waals surface area contributed by atoms with E-state index in [0.717, 1.165) is 27.2 Å². The van der Waals surface area contributed by atoms with E-state index >= 15 is 0 Å². The maximum atomic E-state index is 13.3. The molecule has 1 aliphatic heterocycles. The van der Waals surface area contributed by atoms with Crippen molar-refractivity contribution in [2.45, 2.75) is 51.1 Å². The molecule has 9 heteroatoms. The third-order valence-electron chi connectivity index (χ3n) is 6.91. The van der Waals surface area contributed by atoms with E-state index in [0.29, 0.717) is 6.42 Å². The Morgan fingerprint density at radius 2 is 1.66 bits per heavy atom. The summed E-state index contributed by atoms with van der Waals surface area (Å²) in [6.45, 7) is 3.49. The van der Waals surface area contributed by atoms with Gasteiger partial charge < -0.3 is 20.1 Å². The molecule has 7 nitrogen and oxygen atoms in total. The van der Waals surface area contributed by atoms with Gasteiger partial charge in [0.1, 0.15) is 18.7 Å². The molecule has 0 radical (unpaired) electrons. The molecule has 2 atom stereocenters. The Morgan fingerprint density at radius 1 is 1.09 bits per heavy atom. The quantitative estimate of drug-likeness (QED) is 0.610. The van der Waals surface area contributed by atoms with Crippen molar-refractivity contribution in [1.29, 1.82) is 0 Å². The molecule has 0 spiro atoms. The highest BCUT2D eigenvalue weighted by Gasteiger charge is 2.49. The van der Waals surface area contributed by atoms with E-state index in [1.807, 2.05) is 48.5 Å². The maximum absolute atomic E-state index is 13.3. The fraction of sp³-hybridized carbons (Fsp3) is 0.423. The van der Waals surface area contributed by atoms with Gasteiger partial charge in [-0.15, -0.1) is 0 Å². The van der Waals surface area contributed by atoms with Crippen LogP contribution in [0.5, 0.6) is 0 Å². The van der Waals surface area contributed by atoms with Crippen molar-refractivity contribution in [1.82, 2.24) is 10.2 Å². The second-order valence-electron chi connectivity index (χ2n) is 9.66. The first-order valence-corrected chi connectivity index (χ1v) is 11.5. The van der Waals surface area contributed by atoms with Crippen LogP contribution in [-0.2, 0) is 14.3 Å². The normalized spacial score (nSPS) is 19.2. The number of carbonyl (C=O) groups is 3. The first kappa shape index (κ1) is 24.6. The molecule has 0 aromatic heterocycles. The lowest BCUT2D eigenvalue weighted by atomic mass is 9.85. The summed E-state index contributed by atoms with van der Waals surface area (Å²) in [5.74, 6) is -2.29. The Hall–Kier alpha value is -3.49. The van der Waals surface area contributed by atoms with Gasteiger partial charge in [-0.1, -0.05) is 62.4 Å². The average Bonchev–Trinajstić information content (AvgIpc) is 3.30. The van der Waals surface area contributed by atoms with Gasteiger partial charge in [0.25, 0.3) is 0 Å². The number of nitrogens with one attached hydrogen (secondary N) is 1. The number of rotatable bonds is 7. The second-order valence-corrected chi connectivity index (χ2v) is 9.66. The van der Waals surface area contributed by atoms with Crippen molar-refractivity contribution in [2.75, 3.05) is 13.2 Å². The number of carbonyl (C=O) groups excluding carboxylic acids is 2. The highest BCUT2D eigenvalue weighted by atomic mass is 19.3. The molecule has 4 rings (SSSR count). The lowest BCUT2D eigenvalue weighted by Crippen LogP contribution is -2.54. The number of carboxylic acids is 1. The van der Waals surface area contributed by atoms with Crippen LogP contribution in [0.3, 0.4) is 0 Å². The van der Waals surface area contributed by atoms with Gasteiger partial charge in [0.15, 0.2) is 0 Å². The SMILES string of the molecule is CC1(C)CCN(C(=O)C(CC(F)F)NC(=O)OCC2c3ccccc3-c3ccccc32)C1C(=O)O. The molecule has 35 heavy (non-hydrogen) atoms. The molecule has 1 fully saturated rings. The standard InChI is InChI=1S/C26H28F2N2O5/c1-26(2)11-12-30(22(26)24(32)33)23(31)20(13-21(27)28)29-25(34)35-14-19-17-9-5-3-7-15(17)16-8-4-6-10-18(16)19/h3-10,19-22H,11-14H2,1-2H3,(H,29,34)(H,32,33). The summed E-state index contributed by atoms with van der Waals surface area (Å²) in [4.78, 5) is 38.5. The van der Waals surface area contributed by atoms with E-state index < -0.39 is 48.3 Å². The maximum Gasteiger partial charge on any atom is 0.407 e. The Bertz CT molecular complexity index is 1090. The molecule has 1 aliphatic carbocycles. The molecular formula is C26H28F2N2O5. The van der Waals surface area contributed by atoms with Crippen LogP contribution in [0.15, 0.2) is 48.5 Å². The van der Waals surface area contributed by atoms with Crippen LogP contribution in [0.1, 0.15) is 43.7 Å². The number of ether oxygens (including phenoxy) is 1. The van der Waals surface area contributed by atoms with Crippen molar-refractivity contribution >= 4 is 18.0 Å². The molecule has 2 aromatic carbocycles. The van der Waals surface area contributed by atoms with Gasteiger partial charge in [-0.25, -0.2) is 18.4 Å². The van der Waals surface area contributed by atoms with Gasteiger partial charge in [0.05, 0.1) is 0 Å². The van der Waals surface area contributed by atoms with Gasteiger partial charge in [-0.3, -0.25) is 4.79 Å². The van der Waals surface area contributed by atoms with Crippen molar-refractivity contribution < 1.29 is 33.0 Å². The van der Waals surface area contributed by atoms with E-state index in [1.54, 1.807) is 13.8 Å². The first-order chi connectivity index (χ1) is 16.6. The number of hydrogen-bond acceptors (Lipinski definition) is 4. The first-order valence-electron chi connectivity index (χ1n) is 11.5. The summed E-state index contributed by atoms with van der Waals surface area (Å²) in [6, 6.07) is 12.8. The molecule has 2 amide bonds. The highest BCUT2D eigenvalue weighted by Crippen LogP contribution is 2.44. The minimum atomic E-state index is -2.88. The zero-order valence-corrected chi connectivity index (χ0v) is 19.5. The summed E-state index contributed by atoms with van der Waals surface area (Å²) in [5, 5.41) is 11.9. The summed E-state index contributed by atoms with van der Waals surface area (Å²) in [6.07, 6.45) is -4.41.